The van der Waals surface area contributed by atoms with Gasteiger partial charge in [-0.05, 0) is 25.2 Å². The van der Waals surface area contributed by atoms with E-state index in [0.29, 0.717) is 18.9 Å². The number of rotatable bonds is 48. The van der Waals surface area contributed by atoms with Gasteiger partial charge in [-0.2, -0.15) is 0 Å². The van der Waals surface area contributed by atoms with Crippen LogP contribution < -0.4 is 0 Å². The van der Waals surface area contributed by atoms with Crippen LogP contribution in [0.15, 0.2) is 0 Å². The van der Waals surface area contributed by atoms with Crippen molar-refractivity contribution in [1.82, 2.24) is 0 Å². The van der Waals surface area contributed by atoms with Crippen LogP contribution in [-0.4, -0.2) is 12.6 Å². The van der Waals surface area contributed by atoms with E-state index in [-0.39, 0.29) is 5.97 Å². The quantitative estimate of drug-likeness (QED) is 0.0456. The van der Waals surface area contributed by atoms with E-state index in [1.54, 1.807) is 0 Å². The Morgan fingerprint density at radius 2 is 0.500 bits per heavy atom. The Hall–Kier alpha value is -0.530. The molecule has 0 aliphatic rings. The lowest BCUT2D eigenvalue weighted by Crippen LogP contribution is -2.14. The molecule has 2 nitrogen and oxygen atoms in total. The van der Waals surface area contributed by atoms with E-state index in [0.717, 1.165) is 6.42 Å². The van der Waals surface area contributed by atoms with E-state index in [1.807, 2.05) is 0 Å². The molecule has 0 radical (unpaired) electrons. The van der Waals surface area contributed by atoms with Crippen molar-refractivity contribution < 1.29 is 9.53 Å². The van der Waals surface area contributed by atoms with Crippen molar-refractivity contribution in [2.75, 3.05) is 6.61 Å². The summed E-state index contributed by atoms with van der Waals surface area (Å²) >= 11 is 0. The molecule has 0 unspecified atom stereocenters. The second-order valence-corrected chi connectivity index (χ2v) is 18.0. The monoisotopic (exact) mass is 761 g/mol. The molecule has 54 heavy (non-hydrogen) atoms. The molecule has 0 aliphatic heterocycles. The predicted octanol–water partition coefficient (Wildman–Crippen LogP) is 19.2. The summed E-state index contributed by atoms with van der Waals surface area (Å²) in [7, 11) is 0. The van der Waals surface area contributed by atoms with E-state index in [1.165, 1.54) is 283 Å². The lowest BCUT2D eigenvalue weighted by molar-refractivity contribution is -0.145. The second kappa shape index (κ2) is 48.6. The molecule has 0 bridgehead atoms. The highest BCUT2D eigenvalue weighted by molar-refractivity contribution is 5.69. The van der Waals surface area contributed by atoms with E-state index < -0.39 is 0 Å². The van der Waals surface area contributed by atoms with Gasteiger partial charge in [-0.1, -0.05) is 290 Å². The smallest absolute Gasteiger partial charge is 0.305 e. The van der Waals surface area contributed by atoms with Crippen molar-refractivity contribution in [2.45, 2.75) is 316 Å². The number of esters is 1. The molecule has 0 spiro atoms. The van der Waals surface area contributed by atoms with E-state index in [4.69, 9.17) is 4.74 Å². The predicted molar refractivity (Wildman–Crippen MR) is 244 cm³/mol. The fourth-order valence-electron chi connectivity index (χ4n) is 8.49. The van der Waals surface area contributed by atoms with Crippen molar-refractivity contribution in [2.24, 2.45) is 5.92 Å². The molecule has 0 heterocycles. The first-order chi connectivity index (χ1) is 26.7. The molecular weight excluding hydrogens is 657 g/mol. The maximum atomic E-state index is 12.7. The summed E-state index contributed by atoms with van der Waals surface area (Å²) in [6.07, 6.45) is 63.2. The van der Waals surface area contributed by atoms with Gasteiger partial charge >= 0.3 is 5.97 Å². The van der Waals surface area contributed by atoms with Crippen molar-refractivity contribution in [3.63, 3.8) is 0 Å². The summed E-state index contributed by atoms with van der Waals surface area (Å²) in [5.41, 5.74) is 0. The number of hydrogen-bond donors (Lipinski definition) is 0. The fourth-order valence-corrected chi connectivity index (χ4v) is 8.49. The molecule has 0 aliphatic carbocycles. The molecular formula is C52H104O2. The van der Waals surface area contributed by atoms with Crippen LogP contribution in [0.5, 0.6) is 0 Å². The molecule has 0 aromatic heterocycles. The van der Waals surface area contributed by atoms with Gasteiger partial charge in [0, 0.05) is 6.42 Å². The SMILES string of the molecule is CCCCCCCCCCCCCCCCCCCCCC(=O)OCC(CCCCCCCCCCCCCC)CCCCCCCCCCCCCC. The van der Waals surface area contributed by atoms with E-state index in [2.05, 4.69) is 20.8 Å². The zero-order chi connectivity index (χ0) is 39.1. The van der Waals surface area contributed by atoms with Crippen LogP contribution in [0.2, 0.25) is 0 Å². The standard InChI is InChI=1S/C52H104O2/c1-4-7-10-13-16-19-22-25-26-27-28-29-30-31-34-37-40-43-46-49-52(53)54-50-51(47-44-41-38-35-32-23-20-17-14-11-8-5-2)48-45-42-39-36-33-24-21-18-15-12-9-6-3/h51H,4-50H2,1-3H3. The van der Waals surface area contributed by atoms with Gasteiger partial charge < -0.3 is 4.74 Å². The topological polar surface area (TPSA) is 26.3 Å². The first kappa shape index (κ1) is 53.5. The summed E-state index contributed by atoms with van der Waals surface area (Å²) in [4.78, 5) is 12.7. The Bertz CT molecular complexity index is 645. The van der Waals surface area contributed by atoms with Gasteiger partial charge in [-0.15, -0.1) is 0 Å². The number of unbranched alkanes of at least 4 members (excludes halogenated alkanes) is 40. The lowest BCUT2D eigenvalue weighted by atomic mass is 9.94. The first-order valence-electron chi connectivity index (χ1n) is 25.9. The largest absolute Gasteiger partial charge is 0.465 e. The van der Waals surface area contributed by atoms with Gasteiger partial charge in [0.25, 0.3) is 0 Å². The summed E-state index contributed by atoms with van der Waals surface area (Å²) in [6.45, 7) is 7.58. The minimum atomic E-state index is 0.0661. The summed E-state index contributed by atoms with van der Waals surface area (Å²) < 4.78 is 5.92. The molecule has 0 saturated carbocycles. The van der Waals surface area contributed by atoms with Gasteiger partial charge in [0.2, 0.25) is 0 Å². The summed E-state index contributed by atoms with van der Waals surface area (Å²) in [5, 5.41) is 0. The van der Waals surface area contributed by atoms with Crippen LogP contribution in [0, 0.1) is 5.92 Å². The molecule has 2 heteroatoms. The molecule has 0 amide bonds. The van der Waals surface area contributed by atoms with Crippen molar-refractivity contribution in [3.05, 3.63) is 0 Å². The number of hydrogen-bond acceptors (Lipinski definition) is 2. The minimum absolute atomic E-state index is 0.0661. The average molecular weight is 761 g/mol. The molecule has 0 rings (SSSR count). The highest BCUT2D eigenvalue weighted by Crippen LogP contribution is 2.22. The highest BCUT2D eigenvalue weighted by Gasteiger charge is 2.12. The Labute approximate surface area is 343 Å². The maximum Gasteiger partial charge on any atom is 0.305 e. The lowest BCUT2D eigenvalue weighted by Gasteiger charge is -2.17. The first-order valence-corrected chi connectivity index (χ1v) is 25.9. The average Bonchev–Trinajstić information content (AvgIpc) is 3.18. The zero-order valence-electron chi connectivity index (χ0n) is 38.1. The maximum absolute atomic E-state index is 12.7. The number of carbonyl (C=O) groups is 1. The van der Waals surface area contributed by atoms with Gasteiger partial charge in [0.05, 0.1) is 6.61 Å². The third-order valence-electron chi connectivity index (χ3n) is 12.4. The number of ether oxygens (including phenoxy) is 1. The van der Waals surface area contributed by atoms with Crippen molar-refractivity contribution in [1.29, 1.82) is 0 Å². The van der Waals surface area contributed by atoms with Gasteiger partial charge in [0.15, 0.2) is 0 Å². The second-order valence-electron chi connectivity index (χ2n) is 18.0. The Balaban J connectivity index is 3.95. The number of carbonyl (C=O) groups excluding carboxylic acids is 1. The minimum Gasteiger partial charge on any atom is -0.465 e. The van der Waals surface area contributed by atoms with E-state index in [9.17, 15) is 4.79 Å². The van der Waals surface area contributed by atoms with Crippen molar-refractivity contribution >= 4 is 5.97 Å². The molecule has 324 valence electrons. The van der Waals surface area contributed by atoms with Crippen LogP contribution in [0.1, 0.15) is 316 Å². The molecule has 0 atom stereocenters. The van der Waals surface area contributed by atoms with Crippen LogP contribution >= 0.6 is 0 Å². The van der Waals surface area contributed by atoms with E-state index >= 15 is 0 Å². The van der Waals surface area contributed by atoms with Gasteiger partial charge in [-0.25, -0.2) is 0 Å². The van der Waals surface area contributed by atoms with Crippen LogP contribution in [0.25, 0.3) is 0 Å². The third-order valence-corrected chi connectivity index (χ3v) is 12.4. The molecule has 0 saturated heterocycles. The van der Waals surface area contributed by atoms with Crippen LogP contribution in [-0.2, 0) is 9.53 Å². The highest BCUT2D eigenvalue weighted by atomic mass is 16.5. The molecule has 0 fully saturated rings. The third kappa shape index (κ3) is 45.9. The summed E-state index contributed by atoms with van der Waals surface area (Å²) in [6, 6.07) is 0. The van der Waals surface area contributed by atoms with Crippen LogP contribution in [0.4, 0.5) is 0 Å². The van der Waals surface area contributed by atoms with Gasteiger partial charge in [0.1, 0.15) is 0 Å². The Morgan fingerprint density at radius 3 is 0.741 bits per heavy atom. The zero-order valence-corrected chi connectivity index (χ0v) is 38.1. The Kier molecular flexibility index (Phi) is 48.1. The van der Waals surface area contributed by atoms with Gasteiger partial charge in [-0.3, -0.25) is 4.79 Å². The molecule has 0 aromatic carbocycles. The molecule has 0 aromatic rings. The summed E-state index contributed by atoms with van der Waals surface area (Å²) in [5.74, 6) is 0.640. The Morgan fingerprint density at radius 1 is 0.296 bits per heavy atom. The normalized spacial score (nSPS) is 11.6. The molecule has 0 N–H and O–H groups in total. The fraction of sp³-hybridized carbons (Fsp3) is 0.981. The van der Waals surface area contributed by atoms with Crippen molar-refractivity contribution in [3.8, 4) is 0 Å². The van der Waals surface area contributed by atoms with Crippen LogP contribution in [0.3, 0.4) is 0 Å².